The van der Waals surface area contributed by atoms with Crippen molar-refractivity contribution in [3.63, 3.8) is 0 Å². The van der Waals surface area contributed by atoms with Crippen molar-refractivity contribution in [3.05, 3.63) is 24.0 Å². The molecule has 2 aromatic rings. The number of nitrogens with zero attached hydrogens (tertiary/aromatic N) is 2. The maximum absolute atomic E-state index is 12.5. The highest BCUT2D eigenvalue weighted by Crippen LogP contribution is 2.26. The molecule has 156 valence electrons. The van der Waals surface area contributed by atoms with E-state index in [-0.39, 0.29) is 30.7 Å². The molecule has 1 atom stereocenters. The predicted molar refractivity (Wildman–Crippen MR) is 120 cm³/mol. The van der Waals surface area contributed by atoms with Crippen molar-refractivity contribution in [2.45, 2.75) is 58.4 Å². The molecule has 1 fully saturated rings. The third kappa shape index (κ3) is 5.19. The Labute approximate surface area is 179 Å². The number of carbonyl (C=O) groups excluding carboxylic acids is 1. The highest BCUT2D eigenvalue weighted by molar-refractivity contribution is 5.93. The average Bonchev–Trinajstić information content (AvgIpc) is 2.82. The monoisotopic (exact) mass is 426 g/mol. The Balaban J connectivity index is 0.00000140. The van der Waals surface area contributed by atoms with E-state index in [9.17, 15) is 4.79 Å². The normalized spacial score (nSPS) is 18.3. The number of imidazole rings is 1. The van der Waals surface area contributed by atoms with Gasteiger partial charge in [-0.2, -0.15) is 0 Å². The van der Waals surface area contributed by atoms with Crippen LogP contribution in [-0.2, 0) is 17.8 Å². The summed E-state index contributed by atoms with van der Waals surface area (Å²) in [5.41, 5.74) is 3.07. The zero-order valence-corrected chi connectivity index (χ0v) is 18.2. The van der Waals surface area contributed by atoms with Gasteiger partial charge in [-0.05, 0) is 68.8 Å². The molecule has 4 rings (SSSR count). The molecule has 5 nitrogen and oxygen atoms in total. The summed E-state index contributed by atoms with van der Waals surface area (Å²) in [4.78, 5) is 17.3. The minimum atomic E-state index is 0. The number of aromatic nitrogens is 2. The van der Waals surface area contributed by atoms with Crippen LogP contribution in [0.15, 0.2) is 18.2 Å². The van der Waals surface area contributed by atoms with E-state index in [1.54, 1.807) is 0 Å². The molecule has 0 radical (unpaired) electrons. The highest BCUT2D eigenvalue weighted by Gasteiger charge is 2.22. The number of piperidine rings is 1. The first kappa shape index (κ1) is 23.0. The maximum atomic E-state index is 12.5. The molecule has 0 spiro atoms. The molecular formula is C21H32Cl2N4O. The Hall–Kier alpha value is -1.30. The second kappa shape index (κ2) is 10.5. The zero-order chi connectivity index (χ0) is 17.9. The molecule has 0 saturated carbocycles. The van der Waals surface area contributed by atoms with Gasteiger partial charge in [0.1, 0.15) is 5.82 Å². The van der Waals surface area contributed by atoms with E-state index in [1.807, 2.05) is 12.1 Å². The molecule has 0 aliphatic carbocycles. The number of halogens is 2. The van der Waals surface area contributed by atoms with E-state index in [4.69, 9.17) is 4.98 Å². The predicted octanol–water partition coefficient (Wildman–Crippen LogP) is 4.57. The number of fused-ring (bicyclic) bond motifs is 3. The van der Waals surface area contributed by atoms with Crippen LogP contribution in [0, 0.1) is 11.8 Å². The zero-order valence-electron chi connectivity index (χ0n) is 16.6. The third-order valence-electron chi connectivity index (χ3n) is 6.09. The van der Waals surface area contributed by atoms with Crippen LogP contribution in [0.25, 0.3) is 11.0 Å². The number of carbonyl (C=O) groups is 1. The molecule has 1 unspecified atom stereocenters. The minimum Gasteiger partial charge on any atom is -0.328 e. The van der Waals surface area contributed by atoms with Gasteiger partial charge in [-0.25, -0.2) is 4.98 Å². The molecule has 2 N–H and O–H groups in total. The molecule has 1 saturated heterocycles. The van der Waals surface area contributed by atoms with Crippen LogP contribution in [0.2, 0.25) is 0 Å². The van der Waals surface area contributed by atoms with Gasteiger partial charge in [0.15, 0.2) is 0 Å². The van der Waals surface area contributed by atoms with E-state index in [1.165, 1.54) is 43.4 Å². The Kier molecular flexibility index (Phi) is 8.59. The van der Waals surface area contributed by atoms with E-state index in [0.29, 0.717) is 18.3 Å². The van der Waals surface area contributed by atoms with Crippen LogP contribution in [0.3, 0.4) is 0 Å². The van der Waals surface area contributed by atoms with Gasteiger partial charge in [0, 0.05) is 25.1 Å². The fraction of sp³-hybridized carbons (Fsp3) is 0.619. The third-order valence-corrected chi connectivity index (χ3v) is 6.09. The van der Waals surface area contributed by atoms with Crippen LogP contribution in [0.5, 0.6) is 0 Å². The van der Waals surface area contributed by atoms with Crippen molar-refractivity contribution in [1.82, 2.24) is 14.9 Å². The van der Waals surface area contributed by atoms with E-state index >= 15 is 0 Å². The number of aryl methyl sites for hydroxylation is 2. The molecule has 3 heterocycles. The number of rotatable bonds is 4. The van der Waals surface area contributed by atoms with Gasteiger partial charge in [-0.3, -0.25) is 4.79 Å². The fourth-order valence-corrected chi connectivity index (χ4v) is 4.51. The Morgan fingerprint density at radius 1 is 1.25 bits per heavy atom. The Morgan fingerprint density at radius 2 is 2.04 bits per heavy atom. The number of hydrogen-bond acceptors (Lipinski definition) is 3. The van der Waals surface area contributed by atoms with Gasteiger partial charge in [0.25, 0.3) is 0 Å². The number of amides is 1. The Morgan fingerprint density at radius 3 is 2.82 bits per heavy atom. The van der Waals surface area contributed by atoms with E-state index in [2.05, 4.69) is 28.2 Å². The van der Waals surface area contributed by atoms with Crippen LogP contribution >= 0.6 is 24.8 Å². The van der Waals surface area contributed by atoms with Gasteiger partial charge < -0.3 is 15.2 Å². The van der Waals surface area contributed by atoms with Crippen molar-refractivity contribution >= 4 is 47.4 Å². The summed E-state index contributed by atoms with van der Waals surface area (Å²) in [5.74, 6) is 2.41. The molecule has 0 bridgehead atoms. The smallest absolute Gasteiger partial charge is 0.224 e. The topological polar surface area (TPSA) is 59.0 Å². The van der Waals surface area contributed by atoms with Crippen LogP contribution in [-0.4, -0.2) is 28.5 Å². The molecule has 7 heteroatoms. The van der Waals surface area contributed by atoms with Crippen LogP contribution < -0.4 is 10.6 Å². The first-order valence-electron chi connectivity index (χ1n) is 10.2. The number of hydrogen-bond donors (Lipinski definition) is 2. The molecule has 2 aliphatic heterocycles. The lowest BCUT2D eigenvalue weighted by Gasteiger charge is -2.27. The molecule has 1 aromatic carbocycles. The molecule has 1 aromatic heterocycles. The number of nitrogens with one attached hydrogen (secondary N) is 2. The SMILES string of the molecule is CC(CC(=O)Nc1ccc2c(c1)nc1n2CCCCC1)C1CCNCC1.Cl.Cl. The molecular weight excluding hydrogens is 395 g/mol. The van der Waals surface area contributed by atoms with Gasteiger partial charge >= 0.3 is 0 Å². The molecule has 28 heavy (non-hydrogen) atoms. The van der Waals surface area contributed by atoms with Gasteiger partial charge in [0.2, 0.25) is 5.91 Å². The summed E-state index contributed by atoms with van der Waals surface area (Å²) in [7, 11) is 0. The quantitative estimate of drug-likeness (QED) is 0.752. The van der Waals surface area contributed by atoms with Gasteiger partial charge in [-0.1, -0.05) is 13.3 Å². The fourth-order valence-electron chi connectivity index (χ4n) is 4.51. The summed E-state index contributed by atoms with van der Waals surface area (Å²) in [5, 5.41) is 6.49. The van der Waals surface area contributed by atoms with Gasteiger partial charge in [-0.15, -0.1) is 24.8 Å². The first-order valence-corrected chi connectivity index (χ1v) is 10.2. The van der Waals surface area contributed by atoms with Crippen LogP contribution in [0.4, 0.5) is 5.69 Å². The maximum Gasteiger partial charge on any atom is 0.224 e. The van der Waals surface area contributed by atoms with E-state index in [0.717, 1.165) is 37.3 Å². The average molecular weight is 427 g/mol. The lowest BCUT2D eigenvalue weighted by Crippen LogP contribution is -2.32. The number of benzene rings is 1. The largest absolute Gasteiger partial charge is 0.328 e. The summed E-state index contributed by atoms with van der Waals surface area (Å²) < 4.78 is 2.35. The number of anilines is 1. The van der Waals surface area contributed by atoms with Crippen molar-refractivity contribution in [2.24, 2.45) is 11.8 Å². The second-order valence-corrected chi connectivity index (χ2v) is 8.01. The summed E-state index contributed by atoms with van der Waals surface area (Å²) >= 11 is 0. The second-order valence-electron chi connectivity index (χ2n) is 8.01. The first-order chi connectivity index (χ1) is 12.7. The lowest BCUT2D eigenvalue weighted by atomic mass is 9.84. The summed E-state index contributed by atoms with van der Waals surface area (Å²) in [6, 6.07) is 6.17. The molecule has 2 aliphatic rings. The summed E-state index contributed by atoms with van der Waals surface area (Å²) in [6.07, 6.45) is 7.76. The van der Waals surface area contributed by atoms with Crippen molar-refractivity contribution in [2.75, 3.05) is 18.4 Å². The molecule has 1 amide bonds. The van der Waals surface area contributed by atoms with E-state index < -0.39 is 0 Å². The highest BCUT2D eigenvalue weighted by atomic mass is 35.5. The van der Waals surface area contributed by atoms with Gasteiger partial charge in [0.05, 0.1) is 11.0 Å². The summed E-state index contributed by atoms with van der Waals surface area (Å²) in [6.45, 7) is 5.44. The Bertz CT molecular complexity index is 786. The van der Waals surface area contributed by atoms with Crippen molar-refractivity contribution in [1.29, 1.82) is 0 Å². The van der Waals surface area contributed by atoms with Crippen LogP contribution in [0.1, 0.15) is 51.3 Å². The lowest BCUT2D eigenvalue weighted by molar-refractivity contribution is -0.117. The minimum absolute atomic E-state index is 0. The van der Waals surface area contributed by atoms with Crippen molar-refractivity contribution < 1.29 is 4.79 Å². The standard InChI is InChI=1S/C21H30N4O.2ClH/c1-15(16-8-10-22-11-9-16)13-21(26)23-17-6-7-19-18(14-17)24-20-5-3-2-4-12-25(19)20;;/h6-7,14-16,22H,2-5,8-13H2,1H3,(H,23,26);2*1H. The van der Waals surface area contributed by atoms with Crippen molar-refractivity contribution in [3.8, 4) is 0 Å².